The predicted molar refractivity (Wildman–Crippen MR) is 92.6 cm³/mol. The summed E-state index contributed by atoms with van der Waals surface area (Å²) in [6.45, 7) is 8.80. The number of hydrogen-bond acceptors (Lipinski definition) is 6. The van der Waals surface area contributed by atoms with Crippen LogP contribution in [0.3, 0.4) is 0 Å². The molecule has 0 spiro atoms. The van der Waals surface area contributed by atoms with Crippen molar-refractivity contribution < 1.29 is 29.0 Å². The SMILES string of the molecule is CC(C)=CC(=O)OC1C2=C(C)C(=O)OC2=CC2(O)C(=O)CCC(C)C12C. The van der Waals surface area contributed by atoms with Crippen LogP contribution in [0.1, 0.15) is 47.5 Å². The van der Waals surface area contributed by atoms with E-state index in [0.29, 0.717) is 17.6 Å². The van der Waals surface area contributed by atoms with E-state index >= 15 is 0 Å². The molecule has 140 valence electrons. The number of ether oxygens (including phenoxy) is 2. The fourth-order valence-corrected chi connectivity index (χ4v) is 4.22. The number of ketones is 1. The highest BCUT2D eigenvalue weighted by atomic mass is 16.6. The van der Waals surface area contributed by atoms with Gasteiger partial charge in [0.05, 0.1) is 5.41 Å². The van der Waals surface area contributed by atoms with Crippen LogP contribution >= 0.6 is 0 Å². The summed E-state index contributed by atoms with van der Waals surface area (Å²) in [7, 11) is 0. The van der Waals surface area contributed by atoms with Crippen LogP contribution in [-0.4, -0.2) is 34.5 Å². The lowest BCUT2D eigenvalue weighted by atomic mass is 9.52. The maximum atomic E-state index is 12.7. The highest BCUT2D eigenvalue weighted by molar-refractivity contribution is 5.98. The van der Waals surface area contributed by atoms with Gasteiger partial charge >= 0.3 is 11.9 Å². The van der Waals surface area contributed by atoms with Crippen LogP contribution in [0.25, 0.3) is 0 Å². The molecule has 1 fully saturated rings. The fraction of sp³-hybridized carbons (Fsp3) is 0.550. The third-order valence-corrected chi connectivity index (χ3v) is 6.04. The van der Waals surface area contributed by atoms with Gasteiger partial charge in [-0.15, -0.1) is 0 Å². The molecule has 26 heavy (non-hydrogen) atoms. The van der Waals surface area contributed by atoms with E-state index in [1.807, 2.05) is 6.92 Å². The van der Waals surface area contributed by atoms with Gasteiger partial charge in [0.15, 0.2) is 11.4 Å². The first kappa shape index (κ1) is 18.6. The Bertz CT molecular complexity index is 797. The first-order chi connectivity index (χ1) is 12.0. The van der Waals surface area contributed by atoms with Crippen LogP contribution in [0, 0.1) is 11.3 Å². The molecule has 1 aliphatic heterocycles. The molecule has 3 rings (SSSR count). The van der Waals surface area contributed by atoms with Gasteiger partial charge in [-0.1, -0.05) is 19.4 Å². The molecule has 0 aromatic carbocycles. The van der Waals surface area contributed by atoms with Gasteiger partial charge < -0.3 is 14.6 Å². The Morgan fingerprint density at radius 1 is 1.38 bits per heavy atom. The lowest BCUT2D eigenvalue weighted by molar-refractivity contribution is -0.186. The van der Waals surface area contributed by atoms with Crippen molar-refractivity contribution in [1.82, 2.24) is 0 Å². The molecule has 0 radical (unpaired) electrons. The molecule has 1 heterocycles. The number of carbonyl (C=O) groups is 3. The van der Waals surface area contributed by atoms with Crippen LogP contribution in [0.15, 0.2) is 34.6 Å². The molecular weight excluding hydrogens is 336 g/mol. The minimum absolute atomic E-state index is 0.116. The Morgan fingerprint density at radius 2 is 2.04 bits per heavy atom. The zero-order chi connectivity index (χ0) is 19.4. The first-order valence-corrected chi connectivity index (χ1v) is 8.79. The molecule has 4 atom stereocenters. The van der Waals surface area contributed by atoms with Gasteiger partial charge in [-0.3, -0.25) is 4.79 Å². The lowest BCUT2D eigenvalue weighted by Gasteiger charge is -2.55. The van der Waals surface area contributed by atoms with Gasteiger partial charge in [0.25, 0.3) is 0 Å². The predicted octanol–water partition coefficient (Wildman–Crippen LogP) is 2.37. The molecule has 1 saturated carbocycles. The molecule has 6 nitrogen and oxygen atoms in total. The zero-order valence-corrected chi connectivity index (χ0v) is 15.7. The zero-order valence-electron chi connectivity index (χ0n) is 15.7. The van der Waals surface area contributed by atoms with Gasteiger partial charge in [0.2, 0.25) is 0 Å². The van der Waals surface area contributed by atoms with Crippen molar-refractivity contribution in [2.45, 2.75) is 59.2 Å². The molecule has 0 bridgehead atoms. The summed E-state index contributed by atoms with van der Waals surface area (Å²) in [6, 6.07) is 0. The largest absolute Gasteiger partial charge is 0.453 e. The fourth-order valence-electron chi connectivity index (χ4n) is 4.22. The average Bonchev–Trinajstić information content (AvgIpc) is 2.80. The second kappa shape index (κ2) is 5.91. The third kappa shape index (κ3) is 2.39. The van der Waals surface area contributed by atoms with Crippen molar-refractivity contribution in [3.8, 4) is 0 Å². The van der Waals surface area contributed by atoms with E-state index in [4.69, 9.17) is 9.47 Å². The van der Waals surface area contributed by atoms with E-state index in [2.05, 4.69) is 0 Å². The number of esters is 2. The van der Waals surface area contributed by atoms with Crippen molar-refractivity contribution in [2.24, 2.45) is 11.3 Å². The van der Waals surface area contributed by atoms with Gasteiger partial charge in [-0.25, -0.2) is 9.59 Å². The second-order valence-electron chi connectivity index (χ2n) is 7.89. The number of rotatable bonds is 2. The molecule has 1 N–H and O–H groups in total. The average molecular weight is 360 g/mol. The Labute approximate surface area is 152 Å². The first-order valence-electron chi connectivity index (χ1n) is 8.79. The number of allylic oxidation sites excluding steroid dienone is 1. The van der Waals surface area contributed by atoms with Crippen molar-refractivity contribution in [2.75, 3.05) is 0 Å². The normalized spacial score (nSPS) is 36.0. The van der Waals surface area contributed by atoms with Crippen LogP contribution < -0.4 is 0 Å². The molecule has 0 aromatic rings. The van der Waals surface area contributed by atoms with E-state index in [0.717, 1.165) is 5.57 Å². The summed E-state index contributed by atoms with van der Waals surface area (Å²) in [4.78, 5) is 37.1. The van der Waals surface area contributed by atoms with Crippen molar-refractivity contribution in [3.63, 3.8) is 0 Å². The Morgan fingerprint density at radius 3 is 2.65 bits per heavy atom. The number of Topliss-reactive ketones (excluding diaryl/α,β-unsaturated/α-hetero) is 1. The Balaban J connectivity index is 2.21. The van der Waals surface area contributed by atoms with Gasteiger partial charge in [0, 0.05) is 23.6 Å². The van der Waals surface area contributed by atoms with E-state index in [1.54, 1.807) is 27.7 Å². The van der Waals surface area contributed by atoms with Crippen LogP contribution in [0.2, 0.25) is 0 Å². The van der Waals surface area contributed by atoms with Crippen molar-refractivity contribution in [1.29, 1.82) is 0 Å². The molecule has 0 aromatic heterocycles. The molecule has 0 amide bonds. The monoisotopic (exact) mass is 360 g/mol. The summed E-state index contributed by atoms with van der Waals surface area (Å²) < 4.78 is 11.0. The van der Waals surface area contributed by atoms with Gasteiger partial charge in [0.1, 0.15) is 11.9 Å². The van der Waals surface area contributed by atoms with E-state index in [-0.39, 0.29) is 23.9 Å². The third-order valence-electron chi connectivity index (χ3n) is 6.04. The van der Waals surface area contributed by atoms with E-state index in [1.165, 1.54) is 12.2 Å². The quantitative estimate of drug-likeness (QED) is 0.601. The molecule has 6 heteroatoms. The maximum absolute atomic E-state index is 12.7. The summed E-state index contributed by atoms with van der Waals surface area (Å²) in [5.74, 6) is -1.49. The van der Waals surface area contributed by atoms with E-state index < -0.39 is 29.1 Å². The molecule has 2 aliphatic carbocycles. The van der Waals surface area contributed by atoms with Crippen LogP contribution in [0.5, 0.6) is 0 Å². The lowest BCUT2D eigenvalue weighted by Crippen LogP contribution is -2.65. The number of carbonyl (C=O) groups excluding carboxylic acids is 3. The summed E-state index contributed by atoms with van der Waals surface area (Å²) >= 11 is 0. The van der Waals surface area contributed by atoms with Crippen molar-refractivity contribution >= 4 is 17.7 Å². The molecule has 4 unspecified atom stereocenters. The summed E-state index contributed by atoms with van der Waals surface area (Å²) in [5.41, 5.74) is -1.41. The maximum Gasteiger partial charge on any atom is 0.339 e. The Hall–Kier alpha value is -2.21. The van der Waals surface area contributed by atoms with Gasteiger partial charge in [-0.2, -0.15) is 0 Å². The number of fused-ring (bicyclic) bond motifs is 2. The molecular formula is C20H24O6. The van der Waals surface area contributed by atoms with Crippen molar-refractivity contribution in [3.05, 3.63) is 34.6 Å². The topological polar surface area (TPSA) is 89.9 Å². The van der Waals surface area contributed by atoms with Crippen LogP contribution in [0.4, 0.5) is 0 Å². The highest BCUT2D eigenvalue weighted by Crippen LogP contribution is 2.57. The molecule has 3 aliphatic rings. The standard InChI is InChI=1S/C20H24O6/c1-10(2)8-15(22)26-17-16-12(4)18(23)25-13(16)9-20(24)14(21)7-6-11(3)19(17,20)5/h8-9,11,17,24H,6-7H2,1-5H3. The molecule has 0 saturated heterocycles. The minimum atomic E-state index is -1.86. The van der Waals surface area contributed by atoms with Gasteiger partial charge in [-0.05, 0) is 39.2 Å². The Kier molecular flexibility index (Phi) is 4.22. The minimum Gasteiger partial charge on any atom is -0.453 e. The van der Waals surface area contributed by atoms with Crippen LogP contribution in [-0.2, 0) is 23.9 Å². The second-order valence-corrected chi connectivity index (χ2v) is 7.89. The smallest absolute Gasteiger partial charge is 0.339 e. The summed E-state index contributed by atoms with van der Waals surface area (Å²) in [5, 5.41) is 11.3. The number of aliphatic hydroxyl groups is 1. The highest BCUT2D eigenvalue weighted by Gasteiger charge is 2.66. The van der Waals surface area contributed by atoms with E-state index in [9.17, 15) is 19.5 Å². The number of hydrogen-bond donors (Lipinski definition) is 1. The summed E-state index contributed by atoms with van der Waals surface area (Å²) in [6.07, 6.45) is 2.51.